The van der Waals surface area contributed by atoms with Crippen molar-refractivity contribution in [2.75, 3.05) is 6.61 Å². The number of carbonyl (C=O) groups is 1. The van der Waals surface area contributed by atoms with E-state index in [0.717, 1.165) is 18.6 Å². The van der Waals surface area contributed by atoms with Crippen LogP contribution in [0, 0.1) is 12.3 Å². The van der Waals surface area contributed by atoms with Gasteiger partial charge < -0.3 is 9.84 Å². The smallest absolute Gasteiger partial charge is 0.304 e. The van der Waals surface area contributed by atoms with Crippen LogP contribution in [0.15, 0.2) is 24.3 Å². The van der Waals surface area contributed by atoms with Crippen LogP contribution in [-0.4, -0.2) is 17.7 Å². The van der Waals surface area contributed by atoms with E-state index in [4.69, 9.17) is 9.84 Å². The highest BCUT2D eigenvalue weighted by molar-refractivity contribution is 5.68. The molecular weight excluding hydrogens is 204 g/mol. The summed E-state index contributed by atoms with van der Waals surface area (Å²) in [6.07, 6.45) is 2.15. The topological polar surface area (TPSA) is 46.5 Å². The van der Waals surface area contributed by atoms with Crippen molar-refractivity contribution >= 4 is 5.97 Å². The van der Waals surface area contributed by atoms with Gasteiger partial charge in [-0.3, -0.25) is 4.79 Å². The Morgan fingerprint density at radius 1 is 1.38 bits per heavy atom. The monoisotopic (exact) mass is 220 g/mol. The van der Waals surface area contributed by atoms with E-state index in [-0.39, 0.29) is 11.8 Å². The molecule has 3 heteroatoms. The first-order chi connectivity index (χ1) is 7.60. The zero-order valence-corrected chi connectivity index (χ0v) is 9.40. The Labute approximate surface area is 95.0 Å². The van der Waals surface area contributed by atoms with E-state index < -0.39 is 5.97 Å². The van der Waals surface area contributed by atoms with Gasteiger partial charge in [0, 0.05) is 5.41 Å². The maximum atomic E-state index is 10.7. The first-order valence-electron chi connectivity index (χ1n) is 5.51. The third-order valence-corrected chi connectivity index (χ3v) is 3.05. The Balaban J connectivity index is 1.87. The number of benzene rings is 1. The normalized spacial score (nSPS) is 16.8. The second kappa shape index (κ2) is 4.16. The van der Waals surface area contributed by atoms with Gasteiger partial charge >= 0.3 is 5.97 Å². The molecule has 0 bridgehead atoms. The summed E-state index contributed by atoms with van der Waals surface area (Å²) >= 11 is 0. The second-order valence-corrected chi connectivity index (χ2v) is 4.67. The van der Waals surface area contributed by atoms with Crippen molar-refractivity contribution in [1.29, 1.82) is 0 Å². The standard InChI is InChI=1S/C13H16O3/c1-10-2-4-11(5-3-10)16-9-13(6-7-13)8-12(14)15/h2-5H,6-9H2,1H3,(H,14,15). The lowest BCUT2D eigenvalue weighted by Crippen LogP contribution is -2.17. The van der Waals surface area contributed by atoms with Gasteiger partial charge in [0.1, 0.15) is 5.75 Å². The van der Waals surface area contributed by atoms with Crippen molar-refractivity contribution in [3.05, 3.63) is 29.8 Å². The molecule has 1 saturated carbocycles. The number of rotatable bonds is 5. The number of ether oxygens (including phenoxy) is 1. The summed E-state index contributed by atoms with van der Waals surface area (Å²) in [6, 6.07) is 7.83. The second-order valence-electron chi connectivity index (χ2n) is 4.67. The summed E-state index contributed by atoms with van der Waals surface area (Å²) in [5, 5.41) is 8.77. The van der Waals surface area contributed by atoms with Crippen LogP contribution in [0.5, 0.6) is 5.75 Å². The molecule has 16 heavy (non-hydrogen) atoms. The molecule has 0 heterocycles. The Hall–Kier alpha value is -1.51. The number of aryl methyl sites for hydroxylation is 1. The first kappa shape index (κ1) is 11.0. The van der Waals surface area contributed by atoms with Gasteiger partial charge in [0.25, 0.3) is 0 Å². The quantitative estimate of drug-likeness (QED) is 0.829. The zero-order chi connectivity index (χ0) is 11.6. The first-order valence-corrected chi connectivity index (χ1v) is 5.51. The average Bonchev–Trinajstić information content (AvgIpc) is 2.97. The maximum Gasteiger partial charge on any atom is 0.304 e. The Morgan fingerprint density at radius 3 is 2.50 bits per heavy atom. The summed E-state index contributed by atoms with van der Waals surface area (Å²) in [5.74, 6) is 0.0901. The van der Waals surface area contributed by atoms with Crippen molar-refractivity contribution in [2.45, 2.75) is 26.2 Å². The molecule has 1 N–H and O–H groups in total. The van der Waals surface area contributed by atoms with Gasteiger partial charge in [0.15, 0.2) is 0 Å². The lowest BCUT2D eigenvalue weighted by molar-refractivity contribution is -0.138. The minimum absolute atomic E-state index is 0.100. The highest BCUT2D eigenvalue weighted by Crippen LogP contribution is 2.48. The Morgan fingerprint density at radius 2 is 2.00 bits per heavy atom. The lowest BCUT2D eigenvalue weighted by atomic mass is 10.0. The van der Waals surface area contributed by atoms with E-state index in [1.54, 1.807) is 0 Å². The number of hydrogen-bond acceptors (Lipinski definition) is 2. The molecule has 2 rings (SSSR count). The summed E-state index contributed by atoms with van der Waals surface area (Å²) in [4.78, 5) is 10.7. The molecule has 0 atom stereocenters. The summed E-state index contributed by atoms with van der Waals surface area (Å²) in [5.41, 5.74) is 1.09. The predicted molar refractivity (Wildman–Crippen MR) is 60.6 cm³/mol. The fourth-order valence-electron chi connectivity index (χ4n) is 1.74. The average molecular weight is 220 g/mol. The molecule has 0 spiro atoms. The van der Waals surface area contributed by atoms with Gasteiger partial charge in [0.05, 0.1) is 13.0 Å². The molecule has 1 fully saturated rings. The van der Waals surface area contributed by atoms with Crippen molar-refractivity contribution in [3.8, 4) is 5.75 Å². The Bertz CT molecular complexity index is 377. The van der Waals surface area contributed by atoms with Crippen LogP contribution in [0.3, 0.4) is 0 Å². The van der Waals surface area contributed by atoms with Crippen LogP contribution >= 0.6 is 0 Å². The minimum Gasteiger partial charge on any atom is -0.493 e. The Kier molecular flexibility index (Phi) is 2.86. The highest BCUT2D eigenvalue weighted by atomic mass is 16.5. The maximum absolute atomic E-state index is 10.7. The molecule has 0 aromatic heterocycles. The van der Waals surface area contributed by atoms with Gasteiger partial charge in [-0.05, 0) is 31.9 Å². The number of carboxylic acid groups (broad SMARTS) is 1. The molecule has 0 saturated heterocycles. The van der Waals surface area contributed by atoms with E-state index in [2.05, 4.69) is 0 Å². The van der Waals surface area contributed by atoms with Crippen molar-refractivity contribution in [3.63, 3.8) is 0 Å². The molecular formula is C13H16O3. The van der Waals surface area contributed by atoms with Gasteiger partial charge in [-0.15, -0.1) is 0 Å². The van der Waals surface area contributed by atoms with E-state index >= 15 is 0 Å². The zero-order valence-electron chi connectivity index (χ0n) is 9.40. The van der Waals surface area contributed by atoms with Gasteiger partial charge in [-0.1, -0.05) is 17.7 Å². The van der Waals surface area contributed by atoms with Crippen LogP contribution in [0.4, 0.5) is 0 Å². The number of carboxylic acids is 1. The van der Waals surface area contributed by atoms with Crippen LogP contribution in [0.2, 0.25) is 0 Å². The van der Waals surface area contributed by atoms with Gasteiger partial charge in [-0.25, -0.2) is 0 Å². The summed E-state index contributed by atoms with van der Waals surface area (Å²) < 4.78 is 5.63. The van der Waals surface area contributed by atoms with E-state index in [9.17, 15) is 4.79 Å². The number of aliphatic carboxylic acids is 1. The molecule has 0 amide bonds. The molecule has 0 aliphatic heterocycles. The molecule has 3 nitrogen and oxygen atoms in total. The third kappa shape index (κ3) is 2.75. The summed E-state index contributed by atoms with van der Waals surface area (Å²) in [7, 11) is 0. The van der Waals surface area contributed by atoms with Crippen LogP contribution < -0.4 is 4.74 Å². The van der Waals surface area contributed by atoms with E-state index in [0.29, 0.717) is 6.61 Å². The molecule has 0 unspecified atom stereocenters. The fraction of sp³-hybridized carbons (Fsp3) is 0.462. The predicted octanol–water partition coefficient (Wildman–Crippen LogP) is 2.63. The molecule has 1 aromatic rings. The third-order valence-electron chi connectivity index (χ3n) is 3.05. The molecule has 1 aliphatic carbocycles. The largest absolute Gasteiger partial charge is 0.493 e. The van der Waals surface area contributed by atoms with Gasteiger partial charge in [-0.2, -0.15) is 0 Å². The van der Waals surface area contributed by atoms with Crippen LogP contribution in [-0.2, 0) is 4.79 Å². The van der Waals surface area contributed by atoms with Crippen LogP contribution in [0.1, 0.15) is 24.8 Å². The lowest BCUT2D eigenvalue weighted by Gasteiger charge is -2.13. The van der Waals surface area contributed by atoms with Crippen LogP contribution in [0.25, 0.3) is 0 Å². The molecule has 1 aromatic carbocycles. The van der Waals surface area contributed by atoms with Crippen molar-refractivity contribution in [2.24, 2.45) is 5.41 Å². The minimum atomic E-state index is -0.731. The summed E-state index contributed by atoms with van der Waals surface area (Å²) in [6.45, 7) is 2.54. The van der Waals surface area contributed by atoms with Crippen molar-refractivity contribution in [1.82, 2.24) is 0 Å². The SMILES string of the molecule is Cc1ccc(OCC2(CC(=O)O)CC2)cc1. The molecule has 0 radical (unpaired) electrons. The van der Waals surface area contributed by atoms with Crippen molar-refractivity contribution < 1.29 is 14.6 Å². The highest BCUT2D eigenvalue weighted by Gasteiger charge is 2.45. The van der Waals surface area contributed by atoms with Gasteiger partial charge in [0.2, 0.25) is 0 Å². The van der Waals surface area contributed by atoms with E-state index in [1.807, 2.05) is 31.2 Å². The molecule has 1 aliphatic rings. The fourth-order valence-corrected chi connectivity index (χ4v) is 1.74. The molecule has 86 valence electrons. The van der Waals surface area contributed by atoms with E-state index in [1.165, 1.54) is 5.56 Å². The number of hydrogen-bond donors (Lipinski definition) is 1.